The van der Waals surface area contributed by atoms with Crippen molar-refractivity contribution in [2.45, 2.75) is 31.7 Å². The van der Waals surface area contributed by atoms with E-state index in [4.69, 9.17) is 0 Å². The molecule has 1 heterocycles. The van der Waals surface area contributed by atoms with Crippen molar-refractivity contribution < 1.29 is 13.2 Å². The van der Waals surface area contributed by atoms with Crippen LogP contribution in [0.25, 0.3) is 0 Å². The van der Waals surface area contributed by atoms with E-state index in [1.807, 2.05) is 0 Å². The second-order valence-electron chi connectivity index (χ2n) is 4.79. The van der Waals surface area contributed by atoms with Crippen LogP contribution in [-0.4, -0.2) is 22.0 Å². The summed E-state index contributed by atoms with van der Waals surface area (Å²) < 4.78 is 37.4. The number of thioether (sulfide) groups is 1. The van der Waals surface area contributed by atoms with Crippen LogP contribution in [0, 0.1) is 0 Å². The lowest BCUT2D eigenvalue weighted by Crippen LogP contribution is -2.14. The summed E-state index contributed by atoms with van der Waals surface area (Å²) in [6.45, 7) is 6.89. The Labute approximate surface area is 109 Å². The Hall–Kier alpha value is -0.910. The first kappa shape index (κ1) is 15.1. The minimum atomic E-state index is -4.39. The maximum absolute atomic E-state index is 12.4. The lowest BCUT2D eigenvalue weighted by atomic mass is 10.3. The molecular weight excluding hydrogens is 261 g/mol. The van der Waals surface area contributed by atoms with Gasteiger partial charge in [-0.3, -0.25) is 0 Å². The molecule has 0 atom stereocenters. The maximum Gasteiger partial charge on any atom is 0.433 e. The van der Waals surface area contributed by atoms with E-state index in [0.29, 0.717) is 6.54 Å². The third kappa shape index (κ3) is 5.62. The summed E-state index contributed by atoms with van der Waals surface area (Å²) in [4.78, 5) is 3.53. The molecule has 0 aliphatic heterocycles. The fourth-order valence-corrected chi connectivity index (χ4v) is 2.04. The fourth-order valence-electron chi connectivity index (χ4n) is 1.23. The summed E-state index contributed by atoms with van der Waals surface area (Å²) in [6, 6.07) is 3.86. The van der Waals surface area contributed by atoms with Gasteiger partial charge in [-0.25, -0.2) is 4.98 Å². The van der Waals surface area contributed by atoms with E-state index in [-0.39, 0.29) is 10.6 Å². The second-order valence-corrected chi connectivity index (χ2v) is 6.72. The first-order valence-electron chi connectivity index (χ1n) is 5.60. The zero-order chi connectivity index (χ0) is 13.8. The van der Waals surface area contributed by atoms with Gasteiger partial charge in [0.15, 0.2) is 0 Å². The molecule has 0 aliphatic rings. The van der Waals surface area contributed by atoms with Gasteiger partial charge in [-0.15, -0.1) is 0 Å². The number of halogens is 3. The summed E-state index contributed by atoms with van der Waals surface area (Å²) in [6.07, 6.45) is -4.39. The predicted octanol–water partition coefficient (Wildman–Crippen LogP) is 4.04. The van der Waals surface area contributed by atoms with Crippen molar-refractivity contribution in [1.82, 2.24) is 4.98 Å². The molecule has 1 aromatic rings. The van der Waals surface area contributed by atoms with Gasteiger partial charge in [0.2, 0.25) is 0 Å². The van der Waals surface area contributed by atoms with Crippen LogP contribution < -0.4 is 5.32 Å². The van der Waals surface area contributed by atoms with E-state index < -0.39 is 11.9 Å². The molecule has 0 amide bonds. The normalized spacial score (nSPS) is 12.6. The van der Waals surface area contributed by atoms with E-state index in [2.05, 4.69) is 31.1 Å². The average Bonchev–Trinajstić information content (AvgIpc) is 2.22. The van der Waals surface area contributed by atoms with Crippen LogP contribution >= 0.6 is 11.8 Å². The fraction of sp³-hybridized carbons (Fsp3) is 0.583. The Kier molecular flexibility index (Phi) is 4.90. The molecule has 6 heteroatoms. The molecule has 1 N–H and O–H groups in total. The van der Waals surface area contributed by atoms with Crippen LogP contribution in [0.3, 0.4) is 0 Å². The Morgan fingerprint density at radius 2 is 1.89 bits per heavy atom. The van der Waals surface area contributed by atoms with Crippen molar-refractivity contribution in [3.63, 3.8) is 0 Å². The quantitative estimate of drug-likeness (QED) is 0.841. The van der Waals surface area contributed by atoms with Gasteiger partial charge in [0.25, 0.3) is 0 Å². The van der Waals surface area contributed by atoms with Gasteiger partial charge >= 0.3 is 6.18 Å². The van der Waals surface area contributed by atoms with Gasteiger partial charge < -0.3 is 5.32 Å². The topological polar surface area (TPSA) is 24.9 Å². The number of hydrogen-bond donors (Lipinski definition) is 1. The molecule has 0 unspecified atom stereocenters. The number of hydrogen-bond acceptors (Lipinski definition) is 3. The number of rotatable bonds is 4. The zero-order valence-electron chi connectivity index (χ0n) is 10.6. The van der Waals surface area contributed by atoms with E-state index in [1.54, 1.807) is 11.8 Å². The van der Waals surface area contributed by atoms with Gasteiger partial charge in [0.1, 0.15) is 11.5 Å². The molecule has 0 aromatic carbocycles. The third-order valence-electron chi connectivity index (χ3n) is 1.98. The second kappa shape index (κ2) is 5.82. The summed E-state index contributed by atoms with van der Waals surface area (Å²) >= 11 is 1.75. The van der Waals surface area contributed by atoms with E-state index >= 15 is 0 Å². The molecule has 0 aliphatic carbocycles. The van der Waals surface area contributed by atoms with Crippen molar-refractivity contribution in [3.8, 4) is 0 Å². The molecule has 102 valence electrons. The zero-order valence-corrected chi connectivity index (χ0v) is 11.5. The molecule has 0 spiro atoms. The Morgan fingerprint density at radius 3 is 2.44 bits per heavy atom. The summed E-state index contributed by atoms with van der Waals surface area (Å²) in [5, 5.41) is 2.90. The standard InChI is InChI=1S/C12H17F3N2S/c1-11(2,3)18-8-7-16-10-6-4-5-9(17-10)12(13,14)15/h4-6H,7-8H2,1-3H3,(H,16,17). The van der Waals surface area contributed by atoms with Crippen molar-refractivity contribution in [2.75, 3.05) is 17.6 Å². The molecule has 0 fully saturated rings. The minimum Gasteiger partial charge on any atom is -0.369 e. The first-order chi connectivity index (χ1) is 8.18. The average molecular weight is 278 g/mol. The molecule has 1 rings (SSSR count). The van der Waals surface area contributed by atoms with Gasteiger partial charge in [-0.1, -0.05) is 26.8 Å². The monoisotopic (exact) mass is 278 g/mol. The smallest absolute Gasteiger partial charge is 0.369 e. The molecule has 1 aromatic heterocycles. The van der Waals surface area contributed by atoms with E-state index in [9.17, 15) is 13.2 Å². The number of alkyl halides is 3. The van der Waals surface area contributed by atoms with Gasteiger partial charge in [-0.05, 0) is 12.1 Å². The highest BCUT2D eigenvalue weighted by Crippen LogP contribution is 2.28. The Morgan fingerprint density at radius 1 is 1.22 bits per heavy atom. The van der Waals surface area contributed by atoms with Crippen LogP contribution in [-0.2, 0) is 6.18 Å². The number of nitrogens with one attached hydrogen (secondary N) is 1. The summed E-state index contributed by atoms with van der Waals surface area (Å²) in [5.74, 6) is 1.08. The lowest BCUT2D eigenvalue weighted by Gasteiger charge is -2.17. The molecule has 0 bridgehead atoms. The highest BCUT2D eigenvalue weighted by atomic mass is 32.2. The van der Waals surface area contributed by atoms with Crippen LogP contribution in [0.1, 0.15) is 26.5 Å². The maximum atomic E-state index is 12.4. The number of nitrogens with zero attached hydrogens (tertiary/aromatic N) is 1. The molecule has 0 saturated heterocycles. The molecule has 0 saturated carbocycles. The van der Waals surface area contributed by atoms with Crippen LogP contribution in [0.4, 0.5) is 19.0 Å². The molecule has 0 radical (unpaired) electrons. The van der Waals surface area contributed by atoms with Crippen LogP contribution in [0.2, 0.25) is 0 Å². The first-order valence-corrected chi connectivity index (χ1v) is 6.59. The Balaban J connectivity index is 2.49. The van der Waals surface area contributed by atoms with Crippen molar-refractivity contribution in [1.29, 1.82) is 0 Å². The van der Waals surface area contributed by atoms with Crippen LogP contribution in [0.15, 0.2) is 18.2 Å². The largest absolute Gasteiger partial charge is 0.433 e. The summed E-state index contributed by atoms with van der Waals surface area (Å²) in [5.41, 5.74) is -0.865. The molecule has 2 nitrogen and oxygen atoms in total. The molecule has 18 heavy (non-hydrogen) atoms. The minimum absolute atomic E-state index is 0.156. The third-order valence-corrected chi connectivity index (χ3v) is 3.26. The van der Waals surface area contributed by atoms with Crippen molar-refractivity contribution >= 4 is 17.6 Å². The molecular formula is C12H17F3N2S. The van der Waals surface area contributed by atoms with Crippen molar-refractivity contribution in [2.24, 2.45) is 0 Å². The van der Waals surface area contributed by atoms with Crippen LogP contribution in [0.5, 0.6) is 0 Å². The van der Waals surface area contributed by atoms with Gasteiger partial charge in [0.05, 0.1) is 0 Å². The lowest BCUT2D eigenvalue weighted by molar-refractivity contribution is -0.141. The highest BCUT2D eigenvalue weighted by Gasteiger charge is 2.32. The Bertz CT molecular complexity index is 386. The van der Waals surface area contributed by atoms with E-state index in [1.165, 1.54) is 12.1 Å². The number of aromatic nitrogens is 1. The highest BCUT2D eigenvalue weighted by molar-refractivity contribution is 8.00. The SMILES string of the molecule is CC(C)(C)SCCNc1cccc(C(F)(F)F)n1. The van der Waals surface area contributed by atoms with Gasteiger partial charge in [-0.2, -0.15) is 24.9 Å². The number of anilines is 1. The summed E-state index contributed by atoms with van der Waals surface area (Å²) in [7, 11) is 0. The number of pyridine rings is 1. The van der Waals surface area contributed by atoms with E-state index in [0.717, 1.165) is 11.8 Å². The van der Waals surface area contributed by atoms with Crippen molar-refractivity contribution in [3.05, 3.63) is 23.9 Å². The van der Waals surface area contributed by atoms with Gasteiger partial charge in [0, 0.05) is 17.0 Å². The predicted molar refractivity (Wildman–Crippen MR) is 69.9 cm³/mol.